The number of carboxylic acid groups (broad SMARTS) is 1. The number of alkyl halides is 2. The lowest BCUT2D eigenvalue weighted by Gasteiger charge is -2.35. The largest absolute Gasteiger partial charge is 0.479 e. The molecule has 0 radical (unpaired) electrons. The average Bonchev–Trinajstić information content (AvgIpc) is 2.17. The molecule has 0 spiro atoms. The molecule has 2 atom stereocenters. The first kappa shape index (κ1) is 15.6. The molecule has 1 aliphatic heterocycles. The highest BCUT2D eigenvalue weighted by Gasteiger charge is 2.49. The first-order valence-corrected chi connectivity index (χ1v) is 5.73. The molecule has 19 heavy (non-hydrogen) atoms. The maximum Gasteiger partial charge on any atom is 0.408 e. The summed E-state index contributed by atoms with van der Waals surface area (Å²) < 4.78 is 36.9. The Hall–Kier alpha value is -1.44. The summed E-state index contributed by atoms with van der Waals surface area (Å²) in [5.41, 5.74) is -0.807. The van der Waals surface area contributed by atoms with E-state index < -0.39 is 48.8 Å². The van der Waals surface area contributed by atoms with Crippen LogP contribution in [0.1, 0.15) is 27.2 Å². The number of alkyl carbamates (subject to hydrolysis) is 1. The van der Waals surface area contributed by atoms with Gasteiger partial charge in [-0.1, -0.05) is 0 Å². The van der Waals surface area contributed by atoms with Crippen molar-refractivity contribution < 1.29 is 33.0 Å². The molecule has 1 amide bonds. The number of halogens is 2. The first-order chi connectivity index (χ1) is 8.51. The van der Waals surface area contributed by atoms with Gasteiger partial charge in [0, 0.05) is 0 Å². The van der Waals surface area contributed by atoms with Gasteiger partial charge in [-0.15, -0.1) is 0 Å². The number of rotatable bonds is 2. The highest BCUT2D eigenvalue weighted by molar-refractivity contribution is 5.73. The fourth-order valence-corrected chi connectivity index (χ4v) is 1.54. The van der Waals surface area contributed by atoms with Gasteiger partial charge in [-0.2, -0.15) is 0 Å². The van der Waals surface area contributed by atoms with Crippen LogP contribution in [-0.2, 0) is 14.3 Å². The van der Waals surface area contributed by atoms with Crippen LogP contribution < -0.4 is 5.32 Å². The van der Waals surface area contributed by atoms with E-state index >= 15 is 0 Å². The van der Waals surface area contributed by atoms with Crippen LogP contribution in [0.3, 0.4) is 0 Å². The number of carbonyl (C=O) groups excluding carboxylic acids is 1. The second kappa shape index (κ2) is 5.28. The van der Waals surface area contributed by atoms with Crippen LogP contribution in [-0.4, -0.2) is 47.4 Å². The quantitative estimate of drug-likeness (QED) is 0.799. The summed E-state index contributed by atoms with van der Waals surface area (Å²) in [6.45, 7) is 4.22. The molecule has 1 unspecified atom stereocenters. The number of hydrogen-bond acceptors (Lipinski definition) is 4. The molecule has 1 heterocycles. The standard InChI is InChI=1S/C11H17F2NO5/c1-10(2,3)19-9(17)14-7-5-18-6(8(15)16)4-11(7,12)13/h6-7H,4-5H2,1-3H3,(H,14,17)(H,15,16)/t6-,7?/m0/s1. The summed E-state index contributed by atoms with van der Waals surface area (Å²) in [4.78, 5) is 22.0. The molecule has 2 N–H and O–H groups in total. The summed E-state index contributed by atoms with van der Waals surface area (Å²) in [7, 11) is 0. The highest BCUT2D eigenvalue weighted by atomic mass is 19.3. The summed E-state index contributed by atoms with van der Waals surface area (Å²) in [5.74, 6) is -4.81. The van der Waals surface area contributed by atoms with Gasteiger partial charge in [0.15, 0.2) is 6.10 Å². The zero-order valence-electron chi connectivity index (χ0n) is 10.9. The molecule has 0 aromatic carbocycles. The third-order valence-corrected chi connectivity index (χ3v) is 2.40. The zero-order chi connectivity index (χ0) is 14.8. The normalized spacial score (nSPS) is 26.6. The fourth-order valence-electron chi connectivity index (χ4n) is 1.54. The summed E-state index contributed by atoms with van der Waals surface area (Å²) in [6.07, 6.45) is -3.54. The Kier molecular flexibility index (Phi) is 4.34. The Bertz CT molecular complexity index is 367. The number of amides is 1. The van der Waals surface area contributed by atoms with Gasteiger partial charge in [0.2, 0.25) is 0 Å². The third-order valence-electron chi connectivity index (χ3n) is 2.40. The van der Waals surface area contributed by atoms with Crippen LogP contribution >= 0.6 is 0 Å². The van der Waals surface area contributed by atoms with E-state index in [0.717, 1.165) is 0 Å². The van der Waals surface area contributed by atoms with Gasteiger partial charge >= 0.3 is 12.1 Å². The lowest BCUT2D eigenvalue weighted by molar-refractivity contribution is -0.179. The van der Waals surface area contributed by atoms with E-state index in [-0.39, 0.29) is 0 Å². The molecular formula is C11H17F2NO5. The smallest absolute Gasteiger partial charge is 0.408 e. The molecule has 1 aliphatic rings. The number of hydrogen-bond donors (Lipinski definition) is 2. The topological polar surface area (TPSA) is 84.9 Å². The van der Waals surface area contributed by atoms with Crippen molar-refractivity contribution in [2.45, 2.75) is 50.9 Å². The van der Waals surface area contributed by atoms with Crippen LogP contribution in [0.2, 0.25) is 0 Å². The minimum Gasteiger partial charge on any atom is -0.479 e. The molecular weight excluding hydrogens is 264 g/mol. The predicted molar refractivity (Wildman–Crippen MR) is 60.1 cm³/mol. The number of ether oxygens (including phenoxy) is 2. The molecule has 8 heteroatoms. The molecule has 0 aliphatic carbocycles. The molecule has 1 rings (SSSR count). The Labute approximate surface area is 109 Å². The van der Waals surface area contributed by atoms with E-state index in [1.807, 2.05) is 5.32 Å². The van der Waals surface area contributed by atoms with Gasteiger partial charge in [0.05, 0.1) is 13.0 Å². The summed E-state index contributed by atoms with van der Waals surface area (Å²) in [5, 5.41) is 10.6. The van der Waals surface area contributed by atoms with E-state index in [4.69, 9.17) is 14.6 Å². The van der Waals surface area contributed by atoms with Gasteiger partial charge in [-0.3, -0.25) is 0 Å². The highest BCUT2D eigenvalue weighted by Crippen LogP contribution is 2.31. The van der Waals surface area contributed by atoms with Crippen molar-refractivity contribution in [1.29, 1.82) is 0 Å². The van der Waals surface area contributed by atoms with E-state index in [1.54, 1.807) is 20.8 Å². The molecule has 6 nitrogen and oxygen atoms in total. The summed E-state index contributed by atoms with van der Waals surface area (Å²) in [6, 6.07) is -1.60. The zero-order valence-corrected chi connectivity index (χ0v) is 10.9. The maximum absolute atomic E-state index is 13.7. The Morgan fingerprint density at radius 2 is 2.00 bits per heavy atom. The molecule has 0 bridgehead atoms. The number of carbonyl (C=O) groups is 2. The van der Waals surface area contributed by atoms with E-state index in [9.17, 15) is 18.4 Å². The molecule has 110 valence electrons. The number of aliphatic carboxylic acids is 1. The molecule has 1 fully saturated rings. The van der Waals surface area contributed by atoms with Gasteiger partial charge in [0.25, 0.3) is 5.92 Å². The molecule has 0 aromatic heterocycles. The SMILES string of the molecule is CC(C)(C)OC(=O)NC1CO[C@H](C(=O)O)CC1(F)F. The van der Waals surface area contributed by atoms with Crippen LogP contribution in [0.25, 0.3) is 0 Å². The number of nitrogens with one attached hydrogen (secondary N) is 1. The molecule has 0 saturated carbocycles. The van der Waals surface area contributed by atoms with E-state index in [0.29, 0.717) is 0 Å². The third kappa shape index (κ3) is 4.62. The maximum atomic E-state index is 13.7. The fraction of sp³-hybridized carbons (Fsp3) is 0.818. The average molecular weight is 281 g/mol. The monoisotopic (exact) mass is 281 g/mol. The van der Waals surface area contributed by atoms with E-state index in [2.05, 4.69) is 0 Å². The second-order valence-corrected chi connectivity index (χ2v) is 5.32. The Morgan fingerprint density at radius 1 is 1.42 bits per heavy atom. The van der Waals surface area contributed by atoms with Gasteiger partial charge in [-0.25, -0.2) is 18.4 Å². The van der Waals surface area contributed by atoms with Crippen molar-refractivity contribution in [3.05, 3.63) is 0 Å². The second-order valence-electron chi connectivity index (χ2n) is 5.32. The van der Waals surface area contributed by atoms with Crippen molar-refractivity contribution >= 4 is 12.1 Å². The van der Waals surface area contributed by atoms with Crippen molar-refractivity contribution in [3.8, 4) is 0 Å². The van der Waals surface area contributed by atoms with Gasteiger partial charge < -0.3 is 19.9 Å². The van der Waals surface area contributed by atoms with Crippen LogP contribution in [0.4, 0.5) is 13.6 Å². The van der Waals surface area contributed by atoms with Gasteiger partial charge in [0.1, 0.15) is 11.6 Å². The van der Waals surface area contributed by atoms with Crippen LogP contribution in [0.15, 0.2) is 0 Å². The Balaban J connectivity index is 2.60. The van der Waals surface area contributed by atoms with Crippen molar-refractivity contribution in [2.24, 2.45) is 0 Å². The minimum absolute atomic E-state index is 0.580. The first-order valence-electron chi connectivity index (χ1n) is 5.73. The van der Waals surface area contributed by atoms with Crippen molar-refractivity contribution in [3.63, 3.8) is 0 Å². The van der Waals surface area contributed by atoms with E-state index in [1.165, 1.54) is 0 Å². The van der Waals surface area contributed by atoms with Crippen molar-refractivity contribution in [2.75, 3.05) is 6.61 Å². The van der Waals surface area contributed by atoms with Gasteiger partial charge in [-0.05, 0) is 20.8 Å². The van der Waals surface area contributed by atoms with Crippen molar-refractivity contribution in [1.82, 2.24) is 5.32 Å². The Morgan fingerprint density at radius 3 is 2.42 bits per heavy atom. The minimum atomic E-state index is -3.36. The predicted octanol–water partition coefficient (Wildman–Crippen LogP) is 1.39. The molecule has 1 saturated heterocycles. The van der Waals surface area contributed by atoms with Crippen LogP contribution in [0, 0.1) is 0 Å². The lowest BCUT2D eigenvalue weighted by Crippen LogP contribution is -2.57. The summed E-state index contributed by atoms with van der Waals surface area (Å²) >= 11 is 0. The molecule has 0 aromatic rings. The lowest BCUT2D eigenvalue weighted by atomic mass is 10.0. The van der Waals surface area contributed by atoms with Crippen LogP contribution in [0.5, 0.6) is 0 Å². The number of carboxylic acids is 1.